The van der Waals surface area contributed by atoms with Gasteiger partial charge in [0.2, 0.25) is 0 Å². The van der Waals surface area contributed by atoms with Crippen LogP contribution < -0.4 is 10.1 Å². The number of rotatable bonds is 4. The molecule has 0 aliphatic carbocycles. The van der Waals surface area contributed by atoms with E-state index in [-0.39, 0.29) is 5.91 Å². The van der Waals surface area contributed by atoms with Gasteiger partial charge in [-0.05, 0) is 37.5 Å². The van der Waals surface area contributed by atoms with Gasteiger partial charge in [-0.15, -0.1) is 0 Å². The number of piperidine rings is 1. The second kappa shape index (κ2) is 7.31. The standard InChI is InChI=1S/C21H24N4O2/c1-24-12-9-17-19(24)18(21(26)25-10-4-3-5-11-25)14-22-20(17)23-15-7-6-8-16(13-15)27-2/h6-9,12-14H,3-5,10-11H2,1-2H3,(H,22,23). The number of ether oxygens (including phenoxy) is 1. The predicted molar refractivity (Wildman–Crippen MR) is 107 cm³/mol. The summed E-state index contributed by atoms with van der Waals surface area (Å²) in [4.78, 5) is 19.6. The van der Waals surface area contributed by atoms with Crippen molar-refractivity contribution in [2.75, 3.05) is 25.5 Å². The summed E-state index contributed by atoms with van der Waals surface area (Å²) in [6, 6.07) is 9.71. The molecule has 0 spiro atoms. The van der Waals surface area contributed by atoms with Gasteiger partial charge in [-0.25, -0.2) is 4.98 Å². The van der Waals surface area contributed by atoms with Crippen molar-refractivity contribution in [2.45, 2.75) is 19.3 Å². The molecule has 4 rings (SSSR count). The lowest BCUT2D eigenvalue weighted by molar-refractivity contribution is 0.0725. The molecule has 3 heterocycles. The van der Waals surface area contributed by atoms with Gasteiger partial charge < -0.3 is 19.5 Å². The maximum Gasteiger partial charge on any atom is 0.257 e. The third kappa shape index (κ3) is 3.35. The smallest absolute Gasteiger partial charge is 0.257 e. The zero-order valence-electron chi connectivity index (χ0n) is 15.7. The fourth-order valence-electron chi connectivity index (χ4n) is 3.68. The van der Waals surface area contributed by atoms with E-state index in [9.17, 15) is 4.79 Å². The van der Waals surface area contributed by atoms with E-state index in [4.69, 9.17) is 4.74 Å². The van der Waals surface area contributed by atoms with E-state index in [1.807, 2.05) is 53.0 Å². The van der Waals surface area contributed by atoms with Crippen LogP contribution >= 0.6 is 0 Å². The topological polar surface area (TPSA) is 59.4 Å². The predicted octanol–water partition coefficient (Wildman–Crippen LogP) is 3.95. The minimum atomic E-state index is 0.0712. The van der Waals surface area contributed by atoms with Crippen molar-refractivity contribution in [2.24, 2.45) is 7.05 Å². The molecular weight excluding hydrogens is 340 g/mol. The third-order valence-corrected chi connectivity index (χ3v) is 5.11. The summed E-state index contributed by atoms with van der Waals surface area (Å²) in [5, 5.41) is 4.28. The summed E-state index contributed by atoms with van der Waals surface area (Å²) in [5.74, 6) is 1.58. The van der Waals surface area contributed by atoms with Crippen molar-refractivity contribution >= 4 is 28.3 Å². The second-order valence-electron chi connectivity index (χ2n) is 6.92. The van der Waals surface area contributed by atoms with Gasteiger partial charge in [0.05, 0.1) is 18.2 Å². The third-order valence-electron chi connectivity index (χ3n) is 5.11. The highest BCUT2D eigenvalue weighted by Gasteiger charge is 2.23. The number of nitrogens with one attached hydrogen (secondary N) is 1. The maximum absolute atomic E-state index is 13.1. The number of hydrogen-bond donors (Lipinski definition) is 1. The molecule has 1 aliphatic rings. The zero-order valence-corrected chi connectivity index (χ0v) is 15.7. The van der Waals surface area contributed by atoms with Gasteiger partial charge in [0.1, 0.15) is 11.6 Å². The molecule has 1 aliphatic heterocycles. The average Bonchev–Trinajstić information content (AvgIpc) is 3.11. The molecule has 2 aromatic heterocycles. The summed E-state index contributed by atoms with van der Waals surface area (Å²) in [5.41, 5.74) is 2.46. The van der Waals surface area contributed by atoms with Gasteiger partial charge in [-0.1, -0.05) is 6.07 Å². The van der Waals surface area contributed by atoms with E-state index in [2.05, 4.69) is 10.3 Å². The summed E-state index contributed by atoms with van der Waals surface area (Å²) < 4.78 is 7.28. The lowest BCUT2D eigenvalue weighted by Gasteiger charge is -2.27. The van der Waals surface area contributed by atoms with Crippen molar-refractivity contribution in [3.63, 3.8) is 0 Å². The lowest BCUT2D eigenvalue weighted by Crippen LogP contribution is -2.35. The minimum Gasteiger partial charge on any atom is -0.497 e. The van der Waals surface area contributed by atoms with Crippen LogP contribution in [0.3, 0.4) is 0 Å². The molecule has 0 saturated carbocycles. The Morgan fingerprint density at radius 2 is 2.00 bits per heavy atom. The molecule has 1 amide bonds. The lowest BCUT2D eigenvalue weighted by atomic mass is 10.1. The Bertz CT molecular complexity index is 973. The normalized spacial score (nSPS) is 14.4. The molecule has 1 aromatic carbocycles. The first-order valence-electron chi connectivity index (χ1n) is 9.32. The van der Waals surface area contributed by atoms with Crippen molar-refractivity contribution < 1.29 is 9.53 Å². The molecule has 3 aromatic rings. The fourth-order valence-corrected chi connectivity index (χ4v) is 3.68. The number of amides is 1. The molecule has 0 unspecified atom stereocenters. The number of likely N-dealkylation sites (tertiary alicyclic amines) is 1. The van der Waals surface area contributed by atoms with E-state index < -0.39 is 0 Å². The first-order chi connectivity index (χ1) is 13.2. The highest BCUT2D eigenvalue weighted by atomic mass is 16.5. The van der Waals surface area contributed by atoms with Crippen LogP contribution in [-0.2, 0) is 7.05 Å². The number of fused-ring (bicyclic) bond motifs is 1. The number of benzene rings is 1. The fraction of sp³-hybridized carbons (Fsp3) is 0.333. The summed E-state index contributed by atoms with van der Waals surface area (Å²) in [7, 11) is 3.61. The van der Waals surface area contributed by atoms with Crippen molar-refractivity contribution in [1.29, 1.82) is 0 Å². The number of pyridine rings is 1. The molecule has 0 radical (unpaired) electrons. The Labute approximate surface area is 158 Å². The van der Waals surface area contributed by atoms with Gasteiger partial charge in [-0.2, -0.15) is 0 Å². The van der Waals surface area contributed by atoms with Crippen LogP contribution in [0.4, 0.5) is 11.5 Å². The molecule has 1 N–H and O–H groups in total. The summed E-state index contributed by atoms with van der Waals surface area (Å²) in [6.07, 6.45) is 7.01. The molecule has 6 heteroatoms. The number of aryl methyl sites for hydroxylation is 1. The van der Waals surface area contributed by atoms with Crippen LogP contribution in [0.25, 0.3) is 10.9 Å². The van der Waals surface area contributed by atoms with Crippen LogP contribution in [0.15, 0.2) is 42.7 Å². The molecule has 6 nitrogen and oxygen atoms in total. The van der Waals surface area contributed by atoms with Crippen LogP contribution in [0.1, 0.15) is 29.6 Å². The van der Waals surface area contributed by atoms with Crippen molar-refractivity contribution in [3.05, 3.63) is 48.3 Å². The number of carbonyl (C=O) groups is 1. The van der Waals surface area contributed by atoms with E-state index in [0.29, 0.717) is 5.56 Å². The Hall–Kier alpha value is -3.02. The number of methoxy groups -OCH3 is 1. The monoisotopic (exact) mass is 364 g/mol. The second-order valence-corrected chi connectivity index (χ2v) is 6.92. The zero-order chi connectivity index (χ0) is 18.8. The molecule has 1 fully saturated rings. The Morgan fingerprint density at radius 3 is 2.78 bits per heavy atom. The van der Waals surface area contributed by atoms with Crippen molar-refractivity contribution in [1.82, 2.24) is 14.5 Å². The van der Waals surface area contributed by atoms with E-state index >= 15 is 0 Å². The van der Waals surface area contributed by atoms with Crippen molar-refractivity contribution in [3.8, 4) is 5.75 Å². The maximum atomic E-state index is 13.1. The number of anilines is 2. The SMILES string of the molecule is COc1cccc(Nc2ncc(C(=O)N3CCCCC3)c3c2ccn3C)c1. The van der Waals surface area contributed by atoms with Crippen LogP contribution in [0, 0.1) is 0 Å². The Morgan fingerprint density at radius 1 is 1.19 bits per heavy atom. The van der Waals surface area contributed by atoms with Crippen LogP contribution in [0.5, 0.6) is 5.75 Å². The van der Waals surface area contributed by atoms with E-state index in [1.54, 1.807) is 13.3 Å². The summed E-state index contributed by atoms with van der Waals surface area (Å²) in [6.45, 7) is 1.66. The molecule has 1 saturated heterocycles. The number of aromatic nitrogens is 2. The number of carbonyl (C=O) groups excluding carboxylic acids is 1. The van der Waals surface area contributed by atoms with Crippen LogP contribution in [0.2, 0.25) is 0 Å². The first kappa shape index (κ1) is 17.4. The molecule has 0 atom stereocenters. The summed E-state index contributed by atoms with van der Waals surface area (Å²) >= 11 is 0. The highest BCUT2D eigenvalue weighted by Crippen LogP contribution is 2.29. The molecule has 0 bridgehead atoms. The van der Waals surface area contributed by atoms with Gasteiger partial charge in [-0.3, -0.25) is 4.79 Å². The number of hydrogen-bond acceptors (Lipinski definition) is 4. The van der Waals surface area contributed by atoms with Gasteiger partial charge in [0, 0.05) is 49.7 Å². The van der Waals surface area contributed by atoms with E-state index in [0.717, 1.165) is 54.1 Å². The van der Waals surface area contributed by atoms with Crippen LogP contribution in [-0.4, -0.2) is 40.6 Å². The first-order valence-corrected chi connectivity index (χ1v) is 9.32. The minimum absolute atomic E-state index is 0.0712. The van der Waals surface area contributed by atoms with Gasteiger partial charge >= 0.3 is 0 Å². The largest absolute Gasteiger partial charge is 0.497 e. The average molecular weight is 364 g/mol. The van der Waals surface area contributed by atoms with Gasteiger partial charge in [0.15, 0.2) is 0 Å². The number of nitrogens with zero attached hydrogens (tertiary/aromatic N) is 3. The molecule has 140 valence electrons. The highest BCUT2D eigenvalue weighted by molar-refractivity contribution is 6.08. The quantitative estimate of drug-likeness (QED) is 0.761. The Balaban J connectivity index is 1.71. The van der Waals surface area contributed by atoms with E-state index in [1.165, 1.54) is 6.42 Å². The molecule has 27 heavy (non-hydrogen) atoms. The Kier molecular flexibility index (Phi) is 4.71. The molecular formula is C21H24N4O2. The van der Waals surface area contributed by atoms with Gasteiger partial charge in [0.25, 0.3) is 5.91 Å².